The number of nitrogens with one attached hydrogen (secondary N) is 2. The van der Waals surface area contributed by atoms with Crippen molar-refractivity contribution in [3.8, 4) is 10.4 Å². The lowest BCUT2D eigenvalue weighted by Crippen LogP contribution is -2.17. The van der Waals surface area contributed by atoms with Gasteiger partial charge in [0, 0.05) is 11.8 Å². The molecule has 0 bridgehead atoms. The van der Waals surface area contributed by atoms with Gasteiger partial charge in [0.2, 0.25) is 0 Å². The SMILES string of the molecule is O=C(Nc1ccc(-c2cnns2)cc1)c1ccc(=O)[nH]n1. The van der Waals surface area contributed by atoms with Crippen LogP contribution in [0.5, 0.6) is 0 Å². The van der Waals surface area contributed by atoms with Crippen LogP contribution >= 0.6 is 11.5 Å². The molecule has 1 amide bonds. The van der Waals surface area contributed by atoms with E-state index >= 15 is 0 Å². The van der Waals surface area contributed by atoms with Crippen molar-refractivity contribution in [1.29, 1.82) is 0 Å². The molecule has 0 spiro atoms. The zero-order valence-corrected chi connectivity index (χ0v) is 11.4. The van der Waals surface area contributed by atoms with E-state index in [-0.39, 0.29) is 11.3 Å². The van der Waals surface area contributed by atoms with Crippen LogP contribution in [0.3, 0.4) is 0 Å². The third kappa shape index (κ3) is 3.00. The lowest BCUT2D eigenvalue weighted by molar-refractivity contribution is 0.102. The van der Waals surface area contributed by atoms with Gasteiger partial charge in [0.15, 0.2) is 0 Å². The largest absolute Gasteiger partial charge is 0.321 e. The van der Waals surface area contributed by atoms with Gasteiger partial charge in [0.25, 0.3) is 11.5 Å². The van der Waals surface area contributed by atoms with Crippen molar-refractivity contribution in [1.82, 2.24) is 19.8 Å². The van der Waals surface area contributed by atoms with E-state index in [0.717, 1.165) is 10.4 Å². The second-order valence-electron chi connectivity index (χ2n) is 4.12. The van der Waals surface area contributed by atoms with Crippen molar-refractivity contribution >= 4 is 23.1 Å². The summed E-state index contributed by atoms with van der Waals surface area (Å²) in [6, 6.07) is 9.90. The third-order valence-corrected chi connectivity index (χ3v) is 3.41. The number of hydrogen-bond donors (Lipinski definition) is 2. The first-order valence-corrected chi connectivity index (χ1v) is 6.74. The molecule has 0 atom stereocenters. The van der Waals surface area contributed by atoms with Crippen LogP contribution in [0, 0.1) is 0 Å². The minimum Gasteiger partial charge on any atom is -0.321 e. The third-order valence-electron chi connectivity index (χ3n) is 2.70. The summed E-state index contributed by atoms with van der Waals surface area (Å²) in [5.74, 6) is -0.390. The van der Waals surface area contributed by atoms with Crippen LogP contribution in [-0.4, -0.2) is 25.7 Å². The van der Waals surface area contributed by atoms with E-state index in [9.17, 15) is 9.59 Å². The van der Waals surface area contributed by atoms with E-state index in [2.05, 4.69) is 25.1 Å². The molecule has 2 aromatic heterocycles. The number of carbonyl (C=O) groups excluding carboxylic acids is 1. The zero-order chi connectivity index (χ0) is 14.7. The molecule has 104 valence electrons. The maximum Gasteiger partial charge on any atom is 0.276 e. The van der Waals surface area contributed by atoms with Crippen molar-refractivity contribution in [2.24, 2.45) is 0 Å². The van der Waals surface area contributed by atoms with Crippen molar-refractivity contribution in [2.45, 2.75) is 0 Å². The fourth-order valence-corrected chi connectivity index (χ4v) is 2.20. The molecule has 1 aromatic carbocycles. The second kappa shape index (κ2) is 5.63. The van der Waals surface area contributed by atoms with E-state index in [4.69, 9.17) is 0 Å². The molecule has 0 aliphatic carbocycles. The molecule has 2 N–H and O–H groups in total. The van der Waals surface area contributed by atoms with Crippen molar-refractivity contribution in [3.05, 3.63) is 58.6 Å². The van der Waals surface area contributed by atoms with Crippen LogP contribution in [0.4, 0.5) is 5.69 Å². The van der Waals surface area contributed by atoms with Crippen LogP contribution in [-0.2, 0) is 0 Å². The van der Waals surface area contributed by atoms with Crippen molar-refractivity contribution in [2.75, 3.05) is 5.32 Å². The highest BCUT2D eigenvalue weighted by Crippen LogP contribution is 2.23. The van der Waals surface area contributed by atoms with Crippen LogP contribution in [0.15, 0.2) is 47.4 Å². The fourth-order valence-electron chi connectivity index (χ4n) is 1.68. The predicted octanol–water partition coefficient (Wildman–Crippen LogP) is 1.54. The Bertz CT molecular complexity index is 791. The van der Waals surface area contributed by atoms with Gasteiger partial charge in [-0.3, -0.25) is 9.59 Å². The molecule has 0 saturated carbocycles. The summed E-state index contributed by atoms with van der Waals surface area (Å²) < 4.78 is 3.80. The summed E-state index contributed by atoms with van der Waals surface area (Å²) >= 11 is 1.30. The summed E-state index contributed by atoms with van der Waals surface area (Å²) in [7, 11) is 0. The van der Waals surface area contributed by atoms with Gasteiger partial charge in [-0.2, -0.15) is 5.10 Å². The molecule has 7 nitrogen and oxygen atoms in total. The number of benzene rings is 1. The average Bonchev–Trinajstić information content (AvgIpc) is 3.03. The van der Waals surface area contributed by atoms with E-state index in [0.29, 0.717) is 5.69 Å². The van der Waals surface area contributed by atoms with E-state index in [1.54, 1.807) is 18.3 Å². The molecule has 3 rings (SSSR count). The van der Waals surface area contributed by atoms with Crippen LogP contribution in [0.25, 0.3) is 10.4 Å². The summed E-state index contributed by atoms with van der Waals surface area (Å²) in [4.78, 5) is 23.8. The number of aromatic nitrogens is 4. The summed E-state index contributed by atoms with van der Waals surface area (Å²) in [5.41, 5.74) is 1.40. The maximum absolute atomic E-state index is 11.9. The van der Waals surface area contributed by atoms with Crippen molar-refractivity contribution in [3.63, 3.8) is 0 Å². The lowest BCUT2D eigenvalue weighted by atomic mass is 10.2. The highest BCUT2D eigenvalue weighted by molar-refractivity contribution is 7.09. The van der Waals surface area contributed by atoms with Gasteiger partial charge in [-0.1, -0.05) is 16.6 Å². The average molecular weight is 299 g/mol. The number of anilines is 1. The van der Waals surface area contributed by atoms with Crippen LogP contribution in [0.1, 0.15) is 10.5 Å². The molecule has 0 unspecified atom stereocenters. The minimum absolute atomic E-state index is 0.144. The Morgan fingerprint density at radius 2 is 1.95 bits per heavy atom. The monoisotopic (exact) mass is 299 g/mol. The maximum atomic E-state index is 11.9. The van der Waals surface area contributed by atoms with Gasteiger partial charge in [0.05, 0.1) is 11.1 Å². The fraction of sp³-hybridized carbons (Fsp3) is 0. The number of nitrogens with zero attached hydrogens (tertiary/aromatic N) is 3. The summed E-state index contributed by atoms with van der Waals surface area (Å²) in [5, 5.41) is 12.4. The van der Waals surface area contributed by atoms with Gasteiger partial charge in [-0.25, -0.2) is 5.10 Å². The smallest absolute Gasteiger partial charge is 0.276 e. The zero-order valence-electron chi connectivity index (χ0n) is 10.6. The molecular weight excluding hydrogens is 290 g/mol. The Morgan fingerprint density at radius 1 is 1.14 bits per heavy atom. The molecule has 3 aromatic rings. The molecule has 0 aliphatic rings. The Balaban J connectivity index is 1.74. The number of hydrogen-bond acceptors (Lipinski definition) is 6. The van der Waals surface area contributed by atoms with Gasteiger partial charge < -0.3 is 5.32 Å². The summed E-state index contributed by atoms with van der Waals surface area (Å²) in [6.07, 6.45) is 1.68. The predicted molar refractivity (Wildman–Crippen MR) is 78.2 cm³/mol. The quantitative estimate of drug-likeness (QED) is 0.764. The molecule has 0 radical (unpaired) electrons. The number of H-pyrrole nitrogens is 1. The van der Waals surface area contributed by atoms with Crippen LogP contribution in [0.2, 0.25) is 0 Å². The molecule has 0 saturated heterocycles. The topological polar surface area (TPSA) is 101 Å². The van der Waals surface area contributed by atoms with E-state index in [1.807, 2.05) is 12.1 Å². The first-order valence-electron chi connectivity index (χ1n) is 5.97. The number of aromatic amines is 1. The Kier molecular flexibility index (Phi) is 3.52. The highest BCUT2D eigenvalue weighted by Gasteiger charge is 2.08. The standard InChI is InChI=1S/C13H9N5O2S/c19-12-6-5-10(16-17-12)13(20)15-9-3-1-8(2-4-9)11-7-14-18-21-11/h1-7H,(H,15,20)(H,17,19). The molecule has 0 fully saturated rings. The Morgan fingerprint density at radius 3 is 2.57 bits per heavy atom. The second-order valence-corrected chi connectivity index (χ2v) is 4.91. The van der Waals surface area contributed by atoms with Gasteiger partial charge in [-0.05, 0) is 35.3 Å². The Hall–Kier alpha value is -2.87. The normalized spacial score (nSPS) is 10.3. The first kappa shape index (κ1) is 13.1. The number of rotatable bonds is 3. The highest BCUT2D eigenvalue weighted by atomic mass is 32.1. The minimum atomic E-state index is -0.390. The molecule has 2 heterocycles. The van der Waals surface area contributed by atoms with E-state index in [1.165, 1.54) is 23.7 Å². The lowest BCUT2D eigenvalue weighted by Gasteiger charge is -2.04. The molecular formula is C13H9N5O2S. The molecule has 0 aliphatic heterocycles. The number of carbonyl (C=O) groups is 1. The molecule has 8 heteroatoms. The number of amides is 1. The van der Waals surface area contributed by atoms with Gasteiger partial charge >= 0.3 is 0 Å². The molecule has 21 heavy (non-hydrogen) atoms. The first-order chi connectivity index (χ1) is 10.2. The van der Waals surface area contributed by atoms with E-state index < -0.39 is 5.91 Å². The van der Waals surface area contributed by atoms with Gasteiger partial charge in [-0.15, -0.1) is 5.10 Å². The summed E-state index contributed by atoms with van der Waals surface area (Å²) in [6.45, 7) is 0. The Labute approximate surface area is 122 Å². The van der Waals surface area contributed by atoms with Gasteiger partial charge in [0.1, 0.15) is 5.69 Å². The van der Waals surface area contributed by atoms with Crippen molar-refractivity contribution < 1.29 is 4.79 Å². The van der Waals surface area contributed by atoms with Crippen LogP contribution < -0.4 is 10.9 Å².